The van der Waals surface area contributed by atoms with Gasteiger partial charge < -0.3 is 20.1 Å². The second-order valence-electron chi connectivity index (χ2n) is 5.42. The summed E-state index contributed by atoms with van der Waals surface area (Å²) in [7, 11) is 1.75. The van der Waals surface area contributed by atoms with E-state index >= 15 is 0 Å². The predicted octanol–water partition coefficient (Wildman–Crippen LogP) is 0.693. The van der Waals surface area contributed by atoms with Gasteiger partial charge in [-0.05, 0) is 38.6 Å². The number of ether oxygens (including phenoxy) is 1. The molecule has 0 bridgehead atoms. The lowest BCUT2D eigenvalue weighted by Gasteiger charge is -2.32. The Labute approximate surface area is 108 Å². The molecule has 1 saturated heterocycles. The molecule has 5 heteroatoms. The minimum absolute atomic E-state index is 0.318. The first-order valence-corrected chi connectivity index (χ1v) is 6.93. The van der Waals surface area contributed by atoms with Gasteiger partial charge in [-0.25, -0.2) is 0 Å². The van der Waals surface area contributed by atoms with Gasteiger partial charge >= 0.3 is 5.97 Å². The van der Waals surface area contributed by atoms with Crippen LogP contribution in [0, 0.1) is 0 Å². The molecule has 0 aromatic rings. The molecule has 2 atom stereocenters. The Balaban J connectivity index is 1.72. The molecule has 0 spiro atoms. The lowest BCUT2D eigenvalue weighted by atomic mass is 10.1. The van der Waals surface area contributed by atoms with E-state index in [1.165, 1.54) is 0 Å². The number of nitrogens with zero attached hydrogens (tertiary/aromatic N) is 1. The SMILES string of the molecule is COC1CCCN(CCC(NC2CC2)C(=O)O)C1. The van der Waals surface area contributed by atoms with Crippen molar-refractivity contribution in [3.05, 3.63) is 0 Å². The number of carboxylic acids is 1. The maximum absolute atomic E-state index is 11.2. The molecule has 1 heterocycles. The molecule has 1 aliphatic heterocycles. The van der Waals surface area contributed by atoms with Gasteiger partial charge in [0, 0.05) is 26.2 Å². The Morgan fingerprint density at radius 2 is 2.28 bits per heavy atom. The summed E-state index contributed by atoms with van der Waals surface area (Å²) in [6.45, 7) is 2.85. The van der Waals surface area contributed by atoms with E-state index in [2.05, 4.69) is 10.2 Å². The van der Waals surface area contributed by atoms with Gasteiger partial charge in [0.15, 0.2) is 0 Å². The average molecular weight is 256 g/mol. The van der Waals surface area contributed by atoms with Gasteiger partial charge in [0.2, 0.25) is 0 Å². The molecule has 2 fully saturated rings. The third-order valence-corrected chi connectivity index (χ3v) is 3.84. The molecule has 2 unspecified atom stereocenters. The first-order valence-electron chi connectivity index (χ1n) is 6.93. The van der Waals surface area contributed by atoms with Crippen molar-refractivity contribution in [3.8, 4) is 0 Å². The monoisotopic (exact) mass is 256 g/mol. The number of rotatable bonds is 7. The number of carbonyl (C=O) groups is 1. The van der Waals surface area contributed by atoms with E-state index in [4.69, 9.17) is 4.74 Å². The van der Waals surface area contributed by atoms with Gasteiger partial charge in [-0.2, -0.15) is 0 Å². The van der Waals surface area contributed by atoms with Crippen LogP contribution in [0.15, 0.2) is 0 Å². The molecular weight excluding hydrogens is 232 g/mol. The molecule has 1 saturated carbocycles. The zero-order chi connectivity index (χ0) is 13.0. The summed E-state index contributed by atoms with van der Waals surface area (Å²) in [6.07, 6.45) is 5.52. The maximum atomic E-state index is 11.2. The second kappa shape index (κ2) is 6.50. The summed E-state index contributed by atoms with van der Waals surface area (Å²) in [5.41, 5.74) is 0. The number of hydrogen-bond donors (Lipinski definition) is 2. The van der Waals surface area contributed by atoms with E-state index in [0.29, 0.717) is 18.6 Å². The highest BCUT2D eigenvalue weighted by Crippen LogP contribution is 2.20. The first-order chi connectivity index (χ1) is 8.69. The predicted molar refractivity (Wildman–Crippen MR) is 68.7 cm³/mol. The van der Waals surface area contributed by atoms with Crippen LogP contribution in [-0.2, 0) is 9.53 Å². The van der Waals surface area contributed by atoms with Gasteiger partial charge in [-0.3, -0.25) is 4.79 Å². The summed E-state index contributed by atoms with van der Waals surface area (Å²) in [6, 6.07) is 0.0552. The summed E-state index contributed by atoms with van der Waals surface area (Å²) in [4.78, 5) is 13.5. The van der Waals surface area contributed by atoms with Crippen molar-refractivity contribution in [2.75, 3.05) is 26.7 Å². The van der Waals surface area contributed by atoms with Crippen molar-refractivity contribution in [1.29, 1.82) is 0 Å². The lowest BCUT2D eigenvalue weighted by molar-refractivity contribution is -0.139. The van der Waals surface area contributed by atoms with Crippen molar-refractivity contribution in [1.82, 2.24) is 10.2 Å². The highest BCUT2D eigenvalue weighted by Gasteiger charge is 2.29. The third-order valence-electron chi connectivity index (χ3n) is 3.84. The average Bonchev–Trinajstić information content (AvgIpc) is 3.18. The number of piperidine rings is 1. The van der Waals surface area contributed by atoms with Crippen LogP contribution in [0.25, 0.3) is 0 Å². The van der Waals surface area contributed by atoms with E-state index < -0.39 is 5.97 Å². The zero-order valence-electron chi connectivity index (χ0n) is 11.1. The quantitative estimate of drug-likeness (QED) is 0.702. The van der Waals surface area contributed by atoms with Crippen LogP contribution in [0.4, 0.5) is 0 Å². The minimum Gasteiger partial charge on any atom is -0.480 e. The molecule has 5 nitrogen and oxygen atoms in total. The van der Waals surface area contributed by atoms with Crippen LogP contribution in [0.5, 0.6) is 0 Å². The standard InChI is InChI=1S/C13H24N2O3/c1-18-11-3-2-7-15(9-11)8-6-12(13(16)17)14-10-4-5-10/h10-12,14H,2-9H2,1H3,(H,16,17). The fourth-order valence-electron chi connectivity index (χ4n) is 2.53. The van der Waals surface area contributed by atoms with Gasteiger partial charge in [-0.1, -0.05) is 0 Å². The largest absolute Gasteiger partial charge is 0.480 e. The van der Waals surface area contributed by atoms with Crippen LogP contribution >= 0.6 is 0 Å². The summed E-state index contributed by atoms with van der Waals surface area (Å²) < 4.78 is 5.38. The Morgan fingerprint density at radius 1 is 1.50 bits per heavy atom. The molecule has 0 aromatic heterocycles. The summed E-state index contributed by atoms with van der Waals surface area (Å²) in [5.74, 6) is -0.720. The number of methoxy groups -OCH3 is 1. The number of likely N-dealkylation sites (tertiary alicyclic amines) is 1. The van der Waals surface area contributed by atoms with Crippen molar-refractivity contribution >= 4 is 5.97 Å². The van der Waals surface area contributed by atoms with Crippen molar-refractivity contribution in [2.24, 2.45) is 0 Å². The zero-order valence-corrected chi connectivity index (χ0v) is 11.1. The van der Waals surface area contributed by atoms with E-state index in [9.17, 15) is 9.90 Å². The molecule has 2 aliphatic rings. The van der Waals surface area contributed by atoms with E-state index in [1.807, 2.05) is 0 Å². The third kappa shape index (κ3) is 4.23. The molecule has 1 aliphatic carbocycles. The number of hydrogen-bond acceptors (Lipinski definition) is 4. The van der Waals surface area contributed by atoms with Crippen LogP contribution in [-0.4, -0.2) is 60.9 Å². The van der Waals surface area contributed by atoms with E-state index in [1.54, 1.807) is 7.11 Å². The molecule has 0 amide bonds. The van der Waals surface area contributed by atoms with Crippen LogP contribution in [0.3, 0.4) is 0 Å². The first kappa shape index (κ1) is 13.8. The van der Waals surface area contributed by atoms with Crippen molar-refractivity contribution in [2.45, 2.75) is 50.3 Å². The molecule has 2 N–H and O–H groups in total. The topological polar surface area (TPSA) is 61.8 Å². The summed E-state index contributed by atoms with van der Waals surface area (Å²) >= 11 is 0. The van der Waals surface area contributed by atoms with Crippen LogP contribution in [0.2, 0.25) is 0 Å². The second-order valence-corrected chi connectivity index (χ2v) is 5.42. The molecular formula is C13H24N2O3. The van der Waals surface area contributed by atoms with E-state index in [-0.39, 0.29) is 6.04 Å². The Kier molecular flexibility index (Phi) is 4.97. The van der Waals surface area contributed by atoms with Crippen LogP contribution < -0.4 is 5.32 Å². The fraction of sp³-hybridized carbons (Fsp3) is 0.923. The van der Waals surface area contributed by atoms with Gasteiger partial charge in [-0.15, -0.1) is 0 Å². The number of carboxylic acid groups (broad SMARTS) is 1. The Bertz CT molecular complexity index is 281. The highest BCUT2D eigenvalue weighted by molar-refractivity contribution is 5.73. The number of nitrogens with one attached hydrogen (secondary N) is 1. The minimum atomic E-state index is -0.720. The Hall–Kier alpha value is -0.650. The van der Waals surface area contributed by atoms with Crippen molar-refractivity contribution in [3.63, 3.8) is 0 Å². The lowest BCUT2D eigenvalue weighted by Crippen LogP contribution is -2.44. The Morgan fingerprint density at radius 3 is 2.89 bits per heavy atom. The smallest absolute Gasteiger partial charge is 0.320 e. The molecule has 2 rings (SSSR count). The molecule has 104 valence electrons. The molecule has 0 radical (unpaired) electrons. The number of aliphatic carboxylic acids is 1. The maximum Gasteiger partial charge on any atom is 0.320 e. The van der Waals surface area contributed by atoms with Crippen molar-refractivity contribution < 1.29 is 14.6 Å². The fourth-order valence-corrected chi connectivity index (χ4v) is 2.53. The van der Waals surface area contributed by atoms with Gasteiger partial charge in [0.05, 0.1) is 6.10 Å². The van der Waals surface area contributed by atoms with Gasteiger partial charge in [0.25, 0.3) is 0 Å². The van der Waals surface area contributed by atoms with Crippen LogP contribution in [0.1, 0.15) is 32.1 Å². The molecule has 0 aromatic carbocycles. The van der Waals surface area contributed by atoms with E-state index in [0.717, 1.165) is 45.3 Å². The highest BCUT2D eigenvalue weighted by atomic mass is 16.5. The van der Waals surface area contributed by atoms with Gasteiger partial charge in [0.1, 0.15) is 6.04 Å². The molecule has 18 heavy (non-hydrogen) atoms. The summed E-state index contributed by atoms with van der Waals surface area (Å²) in [5, 5.41) is 12.4. The normalized spacial score (nSPS) is 27.1.